The molecular weight excluding hydrogens is 206 g/mol. The van der Waals surface area contributed by atoms with Gasteiger partial charge in [0.15, 0.2) is 5.57 Å². The second-order valence-electron chi connectivity index (χ2n) is 3.71. The third-order valence-corrected chi connectivity index (χ3v) is 2.47. The first-order valence-electron chi connectivity index (χ1n) is 5.39. The standard InChI is InChI=1S/C11H17N3O2/c1-3-16-11(15)10(8-12)9-14-6-4-13(2)5-7-14/h9H,3-7H2,1-2H3/b10-9-. The smallest absolute Gasteiger partial charge is 0.350 e. The quantitative estimate of drug-likeness (QED) is 0.389. The number of piperazine rings is 1. The van der Waals surface area contributed by atoms with Crippen molar-refractivity contribution in [1.29, 1.82) is 5.26 Å². The number of hydrogen-bond donors (Lipinski definition) is 0. The van der Waals surface area contributed by atoms with Gasteiger partial charge in [0.25, 0.3) is 0 Å². The summed E-state index contributed by atoms with van der Waals surface area (Å²) in [5.41, 5.74) is 0.0754. The SMILES string of the molecule is CCOC(=O)/C(C#N)=C\N1CCN(C)CC1. The van der Waals surface area contributed by atoms with Crippen LogP contribution >= 0.6 is 0 Å². The molecule has 1 fully saturated rings. The van der Waals surface area contributed by atoms with Crippen LogP contribution in [0.2, 0.25) is 0 Å². The lowest BCUT2D eigenvalue weighted by Crippen LogP contribution is -2.42. The summed E-state index contributed by atoms with van der Waals surface area (Å²) in [6.45, 7) is 5.57. The van der Waals surface area contributed by atoms with Crippen LogP contribution in [-0.4, -0.2) is 55.6 Å². The van der Waals surface area contributed by atoms with Crippen LogP contribution in [0.5, 0.6) is 0 Å². The Morgan fingerprint density at radius 2 is 2.06 bits per heavy atom. The molecule has 0 N–H and O–H groups in total. The highest BCUT2D eigenvalue weighted by molar-refractivity contribution is 5.92. The number of nitriles is 1. The summed E-state index contributed by atoms with van der Waals surface area (Å²) in [5, 5.41) is 8.85. The molecule has 0 atom stereocenters. The number of ether oxygens (including phenoxy) is 1. The lowest BCUT2D eigenvalue weighted by Gasteiger charge is -2.31. The molecule has 1 saturated heterocycles. The van der Waals surface area contributed by atoms with Gasteiger partial charge in [-0.2, -0.15) is 5.26 Å². The van der Waals surface area contributed by atoms with Crippen molar-refractivity contribution < 1.29 is 9.53 Å². The Labute approximate surface area is 95.9 Å². The molecule has 0 spiro atoms. The maximum Gasteiger partial charge on any atom is 0.350 e. The fourth-order valence-corrected chi connectivity index (χ4v) is 1.47. The van der Waals surface area contributed by atoms with E-state index in [-0.39, 0.29) is 5.57 Å². The number of carbonyl (C=O) groups excluding carboxylic acids is 1. The molecule has 1 rings (SSSR count). The maximum atomic E-state index is 11.4. The predicted molar refractivity (Wildman–Crippen MR) is 59.4 cm³/mol. The van der Waals surface area contributed by atoms with Gasteiger partial charge >= 0.3 is 5.97 Å². The summed E-state index contributed by atoms with van der Waals surface area (Å²) < 4.78 is 4.79. The summed E-state index contributed by atoms with van der Waals surface area (Å²) in [7, 11) is 2.05. The second-order valence-corrected chi connectivity index (χ2v) is 3.71. The topological polar surface area (TPSA) is 56.6 Å². The molecule has 1 aliphatic rings. The Balaban J connectivity index is 2.59. The molecule has 0 unspecified atom stereocenters. The van der Waals surface area contributed by atoms with E-state index in [2.05, 4.69) is 11.9 Å². The molecule has 16 heavy (non-hydrogen) atoms. The van der Waals surface area contributed by atoms with Crippen LogP contribution in [0.25, 0.3) is 0 Å². The lowest BCUT2D eigenvalue weighted by molar-refractivity contribution is -0.138. The first kappa shape index (κ1) is 12.5. The number of hydrogen-bond acceptors (Lipinski definition) is 5. The zero-order valence-corrected chi connectivity index (χ0v) is 9.77. The average molecular weight is 223 g/mol. The average Bonchev–Trinajstić information content (AvgIpc) is 2.28. The Bertz CT molecular complexity index is 312. The molecule has 0 radical (unpaired) electrons. The van der Waals surface area contributed by atoms with Gasteiger partial charge in [-0.05, 0) is 14.0 Å². The highest BCUT2D eigenvalue weighted by atomic mass is 16.5. The zero-order valence-electron chi connectivity index (χ0n) is 9.77. The van der Waals surface area contributed by atoms with E-state index >= 15 is 0 Å². The molecule has 0 amide bonds. The first-order valence-corrected chi connectivity index (χ1v) is 5.39. The molecule has 0 aliphatic carbocycles. The van der Waals surface area contributed by atoms with Crippen molar-refractivity contribution in [2.24, 2.45) is 0 Å². The van der Waals surface area contributed by atoms with Crippen LogP contribution in [0.4, 0.5) is 0 Å². The summed E-state index contributed by atoms with van der Waals surface area (Å²) in [6.07, 6.45) is 1.60. The van der Waals surface area contributed by atoms with E-state index in [4.69, 9.17) is 10.00 Å². The molecule has 0 aromatic rings. The number of likely N-dealkylation sites (N-methyl/N-ethyl adjacent to an activating group) is 1. The minimum atomic E-state index is -0.538. The fourth-order valence-electron chi connectivity index (χ4n) is 1.47. The Morgan fingerprint density at radius 3 is 2.56 bits per heavy atom. The monoisotopic (exact) mass is 223 g/mol. The summed E-state index contributed by atoms with van der Waals surface area (Å²) >= 11 is 0. The maximum absolute atomic E-state index is 11.4. The van der Waals surface area contributed by atoms with Gasteiger partial charge in [-0.15, -0.1) is 0 Å². The molecule has 0 saturated carbocycles. The van der Waals surface area contributed by atoms with Crippen molar-refractivity contribution in [1.82, 2.24) is 9.80 Å². The molecule has 0 bridgehead atoms. The van der Waals surface area contributed by atoms with E-state index in [0.29, 0.717) is 6.61 Å². The number of rotatable bonds is 3. The van der Waals surface area contributed by atoms with E-state index < -0.39 is 5.97 Å². The largest absolute Gasteiger partial charge is 0.462 e. The zero-order chi connectivity index (χ0) is 12.0. The Morgan fingerprint density at radius 1 is 1.44 bits per heavy atom. The van der Waals surface area contributed by atoms with Crippen molar-refractivity contribution in [3.8, 4) is 6.07 Å². The normalized spacial score (nSPS) is 18.1. The molecule has 1 heterocycles. The van der Waals surface area contributed by atoms with E-state index in [1.54, 1.807) is 13.1 Å². The number of carbonyl (C=O) groups is 1. The Hall–Kier alpha value is -1.54. The van der Waals surface area contributed by atoms with Crippen LogP contribution in [0.15, 0.2) is 11.8 Å². The van der Waals surface area contributed by atoms with Gasteiger partial charge in [-0.3, -0.25) is 0 Å². The second kappa shape index (κ2) is 6.13. The van der Waals surface area contributed by atoms with Gasteiger partial charge in [-0.1, -0.05) is 0 Å². The Kier molecular flexibility index (Phi) is 4.80. The third kappa shape index (κ3) is 3.55. The first-order chi connectivity index (χ1) is 7.67. The summed E-state index contributed by atoms with van der Waals surface area (Å²) in [6, 6.07) is 1.88. The van der Waals surface area contributed by atoms with Gasteiger partial charge in [0.1, 0.15) is 6.07 Å². The van der Waals surface area contributed by atoms with Crippen LogP contribution in [0.1, 0.15) is 6.92 Å². The lowest BCUT2D eigenvalue weighted by atomic mass is 10.3. The van der Waals surface area contributed by atoms with E-state index in [1.807, 2.05) is 11.0 Å². The van der Waals surface area contributed by atoms with Gasteiger partial charge < -0.3 is 14.5 Å². The van der Waals surface area contributed by atoms with E-state index in [9.17, 15) is 4.79 Å². The minimum Gasteiger partial charge on any atom is -0.462 e. The van der Waals surface area contributed by atoms with Gasteiger partial charge in [0, 0.05) is 32.4 Å². The van der Waals surface area contributed by atoms with Crippen molar-refractivity contribution in [2.45, 2.75) is 6.92 Å². The van der Waals surface area contributed by atoms with Crippen LogP contribution in [0.3, 0.4) is 0 Å². The highest BCUT2D eigenvalue weighted by Crippen LogP contribution is 2.04. The van der Waals surface area contributed by atoms with Crippen molar-refractivity contribution >= 4 is 5.97 Å². The van der Waals surface area contributed by atoms with Gasteiger partial charge in [0.2, 0.25) is 0 Å². The van der Waals surface area contributed by atoms with E-state index in [1.165, 1.54) is 0 Å². The third-order valence-electron chi connectivity index (χ3n) is 2.47. The molecule has 5 nitrogen and oxygen atoms in total. The molecule has 1 aliphatic heterocycles. The molecular formula is C11H17N3O2. The molecule has 0 aromatic carbocycles. The molecule has 5 heteroatoms. The van der Waals surface area contributed by atoms with E-state index in [0.717, 1.165) is 26.2 Å². The van der Waals surface area contributed by atoms with Crippen LogP contribution < -0.4 is 0 Å². The van der Waals surface area contributed by atoms with Crippen molar-refractivity contribution in [3.63, 3.8) is 0 Å². The highest BCUT2D eigenvalue weighted by Gasteiger charge is 2.15. The summed E-state index contributed by atoms with van der Waals surface area (Å²) in [5.74, 6) is -0.538. The molecule has 0 aromatic heterocycles. The number of esters is 1. The van der Waals surface area contributed by atoms with Gasteiger partial charge in [0.05, 0.1) is 6.61 Å². The fraction of sp³-hybridized carbons (Fsp3) is 0.636. The van der Waals surface area contributed by atoms with Crippen molar-refractivity contribution in [2.75, 3.05) is 39.8 Å². The van der Waals surface area contributed by atoms with Gasteiger partial charge in [-0.25, -0.2) is 4.79 Å². The summed E-state index contributed by atoms with van der Waals surface area (Å²) in [4.78, 5) is 15.6. The molecule has 88 valence electrons. The minimum absolute atomic E-state index is 0.0754. The predicted octanol–water partition coefficient (Wildman–Crippen LogP) is 0.204. The van der Waals surface area contributed by atoms with Crippen LogP contribution in [-0.2, 0) is 9.53 Å². The van der Waals surface area contributed by atoms with Crippen LogP contribution in [0, 0.1) is 11.3 Å². The van der Waals surface area contributed by atoms with Crippen molar-refractivity contribution in [3.05, 3.63) is 11.8 Å². The number of nitrogens with zero attached hydrogens (tertiary/aromatic N) is 3.